The molecule has 1 aromatic heterocycles. The van der Waals surface area contributed by atoms with Gasteiger partial charge in [-0.05, 0) is 46.8 Å². The van der Waals surface area contributed by atoms with Crippen LogP contribution >= 0.6 is 0 Å². The molecule has 0 unspecified atom stereocenters. The minimum absolute atomic E-state index is 0.325. The zero-order valence-corrected chi connectivity index (χ0v) is 11.9. The van der Waals surface area contributed by atoms with Gasteiger partial charge in [0.15, 0.2) is 5.82 Å². The van der Waals surface area contributed by atoms with Gasteiger partial charge in [0.05, 0.1) is 16.9 Å². The summed E-state index contributed by atoms with van der Waals surface area (Å²) in [6.45, 7) is 0. The van der Waals surface area contributed by atoms with Crippen LogP contribution in [0, 0.1) is 17.1 Å². The Morgan fingerprint density at radius 3 is 2.70 bits per heavy atom. The van der Waals surface area contributed by atoms with Gasteiger partial charge in [0, 0.05) is 12.3 Å². The molecular weight excluding hydrogens is 295 g/mol. The van der Waals surface area contributed by atoms with Gasteiger partial charge >= 0.3 is 0 Å². The molecule has 23 heavy (non-hydrogen) atoms. The summed E-state index contributed by atoms with van der Waals surface area (Å²) in [7, 11) is 0. The van der Waals surface area contributed by atoms with E-state index >= 15 is 0 Å². The van der Waals surface area contributed by atoms with Crippen molar-refractivity contribution in [2.75, 3.05) is 5.32 Å². The van der Waals surface area contributed by atoms with Crippen molar-refractivity contribution in [3.05, 3.63) is 71.9 Å². The number of aromatic nitrogens is 4. The van der Waals surface area contributed by atoms with Gasteiger partial charge in [0.2, 0.25) is 0 Å². The molecule has 0 bridgehead atoms. The molecule has 1 heterocycles. The van der Waals surface area contributed by atoms with Crippen LogP contribution in [0.15, 0.2) is 54.7 Å². The number of nitrogens with one attached hydrogen (secondary N) is 1. The van der Waals surface area contributed by atoms with Crippen LogP contribution in [0.5, 0.6) is 0 Å². The maximum absolute atomic E-state index is 13.0. The van der Waals surface area contributed by atoms with Crippen LogP contribution in [0.1, 0.15) is 11.4 Å². The van der Waals surface area contributed by atoms with E-state index in [-0.39, 0.29) is 5.82 Å². The third kappa shape index (κ3) is 3.22. The number of tetrazole rings is 1. The van der Waals surface area contributed by atoms with Gasteiger partial charge in [0.25, 0.3) is 0 Å². The molecule has 0 saturated carbocycles. The fourth-order valence-electron chi connectivity index (χ4n) is 1.98. The highest BCUT2D eigenvalue weighted by atomic mass is 19.1. The normalized spacial score (nSPS) is 10.6. The van der Waals surface area contributed by atoms with Crippen molar-refractivity contribution in [2.45, 2.75) is 0 Å². The summed E-state index contributed by atoms with van der Waals surface area (Å²) in [6, 6.07) is 15.1. The summed E-state index contributed by atoms with van der Waals surface area (Å²) in [5.41, 5.74) is 1.87. The largest absolute Gasteiger partial charge is 0.360 e. The maximum Gasteiger partial charge on any atom is 0.181 e. The molecule has 3 rings (SSSR count). The average Bonchev–Trinajstić information content (AvgIpc) is 3.04. The Morgan fingerprint density at radius 1 is 1.13 bits per heavy atom. The second-order valence-corrected chi connectivity index (χ2v) is 4.56. The van der Waals surface area contributed by atoms with Crippen LogP contribution in [0.3, 0.4) is 0 Å². The Balaban J connectivity index is 1.80. The Bertz CT molecular complexity index is 876. The van der Waals surface area contributed by atoms with Gasteiger partial charge in [0.1, 0.15) is 11.9 Å². The van der Waals surface area contributed by atoms with Gasteiger partial charge in [-0.15, -0.1) is 5.10 Å². The quantitative estimate of drug-likeness (QED) is 0.801. The highest BCUT2D eigenvalue weighted by Gasteiger charge is 2.05. The molecule has 112 valence electrons. The average molecular weight is 306 g/mol. The Morgan fingerprint density at radius 2 is 1.91 bits per heavy atom. The van der Waals surface area contributed by atoms with Gasteiger partial charge in [-0.25, -0.2) is 4.39 Å². The summed E-state index contributed by atoms with van der Waals surface area (Å²) >= 11 is 0. The lowest BCUT2D eigenvalue weighted by molar-refractivity contribution is 0.626. The molecule has 0 spiro atoms. The van der Waals surface area contributed by atoms with Crippen molar-refractivity contribution in [2.24, 2.45) is 0 Å². The molecule has 0 aliphatic rings. The topological polar surface area (TPSA) is 79.4 Å². The summed E-state index contributed by atoms with van der Waals surface area (Å²) in [4.78, 5) is 0. The molecule has 0 atom stereocenters. The predicted octanol–water partition coefficient (Wildman–Crippen LogP) is 2.76. The smallest absolute Gasteiger partial charge is 0.181 e. The fourth-order valence-corrected chi connectivity index (χ4v) is 1.98. The number of nitrogens with zero attached hydrogens (tertiary/aromatic N) is 5. The first-order valence-electron chi connectivity index (χ1n) is 6.74. The van der Waals surface area contributed by atoms with Crippen molar-refractivity contribution < 1.29 is 4.39 Å². The van der Waals surface area contributed by atoms with Crippen LogP contribution in [0.4, 0.5) is 10.1 Å². The molecule has 0 saturated heterocycles. The van der Waals surface area contributed by atoms with Crippen molar-refractivity contribution in [1.29, 1.82) is 5.26 Å². The standard InChI is InChI=1S/C16H11FN6/c17-13-5-7-14(8-6-13)23-16(20-21-22-23)9-10-19-15-4-2-1-3-12(15)11-18/h1-10,19H/b10-9-. The van der Waals surface area contributed by atoms with E-state index < -0.39 is 0 Å². The molecule has 2 aromatic carbocycles. The number of anilines is 1. The van der Waals surface area contributed by atoms with E-state index in [0.29, 0.717) is 22.8 Å². The summed E-state index contributed by atoms with van der Waals surface area (Å²) < 4.78 is 14.5. The Labute approximate surface area is 131 Å². The fraction of sp³-hybridized carbons (Fsp3) is 0. The van der Waals surface area contributed by atoms with Crippen LogP contribution in [0.25, 0.3) is 11.8 Å². The second-order valence-electron chi connectivity index (χ2n) is 4.56. The van der Waals surface area contributed by atoms with Crippen LogP contribution < -0.4 is 5.32 Å². The van der Waals surface area contributed by atoms with Crippen LogP contribution in [0.2, 0.25) is 0 Å². The second kappa shape index (κ2) is 6.49. The molecule has 0 fully saturated rings. The van der Waals surface area contributed by atoms with Crippen molar-refractivity contribution in [3.63, 3.8) is 0 Å². The molecular formula is C16H11FN6. The number of halogens is 1. The summed E-state index contributed by atoms with van der Waals surface area (Å²) in [6.07, 6.45) is 3.30. The molecule has 0 aliphatic heterocycles. The third-order valence-corrected chi connectivity index (χ3v) is 3.08. The Kier molecular flexibility index (Phi) is 4.07. The molecule has 7 heteroatoms. The highest BCUT2D eigenvalue weighted by molar-refractivity contribution is 5.60. The van der Waals surface area contributed by atoms with Crippen molar-refractivity contribution in [3.8, 4) is 11.8 Å². The number of para-hydroxylation sites is 1. The highest BCUT2D eigenvalue weighted by Crippen LogP contribution is 2.14. The lowest BCUT2D eigenvalue weighted by Crippen LogP contribution is -2.00. The van der Waals surface area contributed by atoms with Crippen LogP contribution in [-0.2, 0) is 0 Å². The van der Waals surface area contributed by atoms with Gasteiger partial charge in [-0.3, -0.25) is 0 Å². The number of hydrogen-bond acceptors (Lipinski definition) is 5. The van der Waals surface area contributed by atoms with Crippen molar-refractivity contribution in [1.82, 2.24) is 20.2 Å². The van der Waals surface area contributed by atoms with Gasteiger partial charge in [-0.1, -0.05) is 12.1 Å². The number of rotatable bonds is 4. The number of hydrogen-bond donors (Lipinski definition) is 1. The van der Waals surface area contributed by atoms with E-state index in [9.17, 15) is 4.39 Å². The first-order chi connectivity index (χ1) is 11.3. The summed E-state index contributed by atoms with van der Waals surface area (Å²) in [5, 5.41) is 23.5. The molecule has 0 aliphatic carbocycles. The zero-order chi connectivity index (χ0) is 16.1. The predicted molar refractivity (Wildman–Crippen MR) is 82.9 cm³/mol. The van der Waals surface area contributed by atoms with E-state index in [2.05, 4.69) is 26.9 Å². The van der Waals surface area contributed by atoms with E-state index in [0.717, 1.165) is 0 Å². The van der Waals surface area contributed by atoms with E-state index in [1.807, 2.05) is 6.07 Å². The molecule has 0 amide bonds. The van der Waals surface area contributed by atoms with Gasteiger partial charge < -0.3 is 5.32 Å². The lowest BCUT2D eigenvalue weighted by Gasteiger charge is -2.03. The van der Waals surface area contributed by atoms with E-state index in [4.69, 9.17) is 5.26 Å². The van der Waals surface area contributed by atoms with E-state index in [1.54, 1.807) is 42.6 Å². The first-order valence-corrected chi connectivity index (χ1v) is 6.74. The van der Waals surface area contributed by atoms with Gasteiger partial charge in [-0.2, -0.15) is 9.94 Å². The summed E-state index contributed by atoms with van der Waals surface area (Å²) in [5.74, 6) is 0.146. The minimum Gasteiger partial charge on any atom is -0.360 e. The first kappa shape index (κ1) is 14.4. The monoisotopic (exact) mass is 306 g/mol. The SMILES string of the molecule is N#Cc1ccccc1N/C=C\c1nnnn1-c1ccc(F)cc1. The molecule has 3 aromatic rings. The van der Waals surface area contributed by atoms with E-state index in [1.165, 1.54) is 16.8 Å². The minimum atomic E-state index is -0.325. The van der Waals surface area contributed by atoms with Crippen LogP contribution in [-0.4, -0.2) is 20.2 Å². The van der Waals surface area contributed by atoms with Crippen molar-refractivity contribution >= 4 is 11.8 Å². The maximum atomic E-state index is 13.0. The third-order valence-electron chi connectivity index (χ3n) is 3.08. The molecule has 1 N–H and O–H groups in total. The molecule has 0 radical (unpaired) electrons. The zero-order valence-electron chi connectivity index (χ0n) is 11.9. The number of benzene rings is 2. The Hall–Kier alpha value is -3.53. The number of nitriles is 1. The molecule has 6 nitrogen and oxygen atoms in total. The lowest BCUT2D eigenvalue weighted by atomic mass is 10.2.